The van der Waals surface area contributed by atoms with Crippen LogP contribution in [0.25, 0.3) is 21.7 Å². The van der Waals surface area contributed by atoms with Crippen LogP contribution in [0.15, 0.2) is 41.5 Å². The number of aliphatic hydroxyl groups excluding tert-OH is 3. The van der Waals surface area contributed by atoms with E-state index in [0.717, 1.165) is 16.3 Å². The van der Waals surface area contributed by atoms with Gasteiger partial charge in [0.25, 0.3) is 5.56 Å². The van der Waals surface area contributed by atoms with Crippen LogP contribution in [0.3, 0.4) is 0 Å². The minimum Gasteiger partial charge on any atom is -0.491 e. The number of fused-ring (bicyclic) bond motifs is 3. The SMILES string of the molecule is CC(C)NCC(O)CO.CC(C)NCC(O)COc1ccc2c3ccncc3c(=O)n(C)c2c1. The van der Waals surface area contributed by atoms with E-state index >= 15 is 0 Å². The van der Waals surface area contributed by atoms with Crippen molar-refractivity contribution in [3.63, 3.8) is 0 Å². The van der Waals surface area contributed by atoms with Crippen LogP contribution in [0, 0.1) is 0 Å². The second kappa shape index (κ2) is 13.4. The molecule has 0 bridgehead atoms. The summed E-state index contributed by atoms with van der Waals surface area (Å²) in [5, 5.41) is 35.7. The summed E-state index contributed by atoms with van der Waals surface area (Å²) in [6.45, 7) is 8.99. The lowest BCUT2D eigenvalue weighted by Crippen LogP contribution is -2.35. The lowest BCUT2D eigenvalue weighted by atomic mass is 10.1. The molecule has 2 heterocycles. The fourth-order valence-electron chi connectivity index (χ4n) is 3.26. The van der Waals surface area contributed by atoms with Crippen LogP contribution in [0.2, 0.25) is 0 Å². The van der Waals surface area contributed by atoms with Gasteiger partial charge in [0.15, 0.2) is 0 Å². The van der Waals surface area contributed by atoms with Crippen LogP contribution in [-0.4, -0.2) is 75.5 Å². The number of aryl methyl sites for hydroxylation is 1. The number of hydrogen-bond acceptors (Lipinski definition) is 8. The third-order valence-corrected chi connectivity index (χ3v) is 5.15. The van der Waals surface area contributed by atoms with Crippen molar-refractivity contribution in [2.24, 2.45) is 7.05 Å². The van der Waals surface area contributed by atoms with E-state index in [2.05, 4.69) is 15.6 Å². The monoisotopic (exact) mass is 474 g/mol. The highest BCUT2D eigenvalue weighted by atomic mass is 16.5. The molecule has 3 rings (SSSR count). The molecule has 0 aliphatic rings. The average Bonchev–Trinajstić information content (AvgIpc) is 2.83. The molecule has 9 heteroatoms. The minimum atomic E-state index is -0.618. The summed E-state index contributed by atoms with van der Waals surface area (Å²) in [7, 11) is 1.74. The molecule has 34 heavy (non-hydrogen) atoms. The van der Waals surface area contributed by atoms with E-state index in [1.807, 2.05) is 52.0 Å². The van der Waals surface area contributed by atoms with Crippen LogP contribution < -0.4 is 20.9 Å². The largest absolute Gasteiger partial charge is 0.491 e. The van der Waals surface area contributed by atoms with E-state index in [1.54, 1.807) is 24.0 Å². The molecule has 2 unspecified atom stereocenters. The summed E-state index contributed by atoms with van der Waals surface area (Å²) in [4.78, 5) is 16.5. The van der Waals surface area contributed by atoms with Crippen LogP contribution in [-0.2, 0) is 7.05 Å². The van der Waals surface area contributed by atoms with Gasteiger partial charge in [-0.3, -0.25) is 9.78 Å². The van der Waals surface area contributed by atoms with Crippen molar-refractivity contribution >= 4 is 21.7 Å². The van der Waals surface area contributed by atoms with Crippen molar-refractivity contribution in [3.8, 4) is 5.75 Å². The molecule has 0 spiro atoms. The third-order valence-electron chi connectivity index (χ3n) is 5.15. The maximum absolute atomic E-state index is 12.5. The van der Waals surface area contributed by atoms with Crippen LogP contribution in [0.1, 0.15) is 27.7 Å². The fraction of sp³-hybridized carbons (Fsp3) is 0.520. The summed E-state index contributed by atoms with van der Waals surface area (Å²) >= 11 is 0. The zero-order chi connectivity index (χ0) is 25.3. The first-order valence-electron chi connectivity index (χ1n) is 11.6. The Kier molecular flexibility index (Phi) is 10.9. The van der Waals surface area contributed by atoms with Crippen molar-refractivity contribution in [2.75, 3.05) is 26.3 Å². The number of hydrogen-bond donors (Lipinski definition) is 5. The van der Waals surface area contributed by atoms with E-state index in [1.165, 1.54) is 0 Å². The number of nitrogens with one attached hydrogen (secondary N) is 2. The smallest absolute Gasteiger partial charge is 0.260 e. The van der Waals surface area contributed by atoms with Crippen molar-refractivity contribution in [1.29, 1.82) is 0 Å². The Morgan fingerprint density at radius 1 is 0.971 bits per heavy atom. The van der Waals surface area contributed by atoms with Gasteiger partial charge in [0.1, 0.15) is 18.5 Å². The number of aromatic nitrogens is 2. The van der Waals surface area contributed by atoms with Crippen molar-refractivity contribution in [3.05, 3.63) is 47.0 Å². The van der Waals surface area contributed by atoms with Crippen LogP contribution >= 0.6 is 0 Å². The topological polar surface area (TPSA) is 129 Å². The third kappa shape index (κ3) is 8.03. The van der Waals surface area contributed by atoms with Crippen molar-refractivity contribution in [1.82, 2.24) is 20.2 Å². The number of rotatable bonds is 10. The zero-order valence-electron chi connectivity index (χ0n) is 20.7. The van der Waals surface area contributed by atoms with E-state index in [-0.39, 0.29) is 18.8 Å². The standard InChI is InChI=1S/C19H23N3O3.C6H15NO2/c1-12(2)21-9-13(23)11-25-14-4-5-16-15-6-7-20-10-17(15)19(24)22(3)18(16)8-14;1-5(2)7-3-6(9)4-8/h4-8,10,12-13,21,23H,9,11H2,1-3H3;5-9H,3-4H2,1-2H3. The number of nitrogens with zero attached hydrogens (tertiary/aromatic N) is 2. The van der Waals surface area contributed by atoms with Crippen molar-refractivity contribution in [2.45, 2.75) is 52.0 Å². The summed E-state index contributed by atoms with van der Waals surface area (Å²) in [6.07, 6.45) is 2.07. The normalized spacial score (nSPS) is 13.2. The van der Waals surface area contributed by atoms with Gasteiger partial charge in [0.2, 0.25) is 0 Å². The molecular weight excluding hydrogens is 436 g/mol. The summed E-state index contributed by atoms with van der Waals surface area (Å²) in [6, 6.07) is 8.15. The molecular formula is C25H38N4O5. The maximum Gasteiger partial charge on any atom is 0.260 e. The van der Waals surface area contributed by atoms with Gasteiger partial charge in [-0.05, 0) is 23.6 Å². The van der Waals surface area contributed by atoms with E-state index < -0.39 is 12.2 Å². The lowest BCUT2D eigenvalue weighted by Gasteiger charge is -2.16. The number of ether oxygens (including phenoxy) is 1. The molecule has 1 aromatic carbocycles. The number of pyridine rings is 2. The Hall–Kier alpha value is -2.56. The van der Waals surface area contributed by atoms with Crippen LogP contribution in [0.5, 0.6) is 5.75 Å². The second-order valence-corrected chi connectivity index (χ2v) is 8.89. The number of aliphatic hydroxyl groups is 3. The highest BCUT2D eigenvalue weighted by molar-refractivity contribution is 6.05. The molecule has 0 saturated heterocycles. The Morgan fingerprint density at radius 3 is 2.24 bits per heavy atom. The molecule has 2 aromatic heterocycles. The molecule has 0 amide bonds. The molecule has 3 aromatic rings. The summed E-state index contributed by atoms with van der Waals surface area (Å²) < 4.78 is 7.30. The van der Waals surface area contributed by atoms with Crippen LogP contribution in [0.4, 0.5) is 0 Å². The Bertz CT molecular complexity index is 1100. The molecule has 0 aliphatic carbocycles. The molecule has 2 atom stereocenters. The van der Waals surface area contributed by atoms with Gasteiger partial charge in [-0.2, -0.15) is 0 Å². The lowest BCUT2D eigenvalue weighted by molar-refractivity contribution is 0.0928. The predicted molar refractivity (Wildman–Crippen MR) is 135 cm³/mol. The van der Waals surface area contributed by atoms with E-state index in [4.69, 9.17) is 14.9 Å². The fourth-order valence-corrected chi connectivity index (χ4v) is 3.26. The van der Waals surface area contributed by atoms with E-state index in [9.17, 15) is 9.90 Å². The van der Waals surface area contributed by atoms with Gasteiger partial charge in [-0.1, -0.05) is 27.7 Å². The summed E-state index contributed by atoms with van der Waals surface area (Å²) in [5.74, 6) is 0.625. The second-order valence-electron chi connectivity index (χ2n) is 8.89. The molecule has 5 N–H and O–H groups in total. The minimum absolute atomic E-state index is 0.0890. The van der Waals surface area contributed by atoms with Gasteiger partial charge in [-0.25, -0.2) is 0 Å². The first-order chi connectivity index (χ1) is 16.1. The summed E-state index contributed by atoms with van der Waals surface area (Å²) in [5.41, 5.74) is 0.699. The Morgan fingerprint density at radius 2 is 1.62 bits per heavy atom. The molecule has 0 fully saturated rings. The molecule has 9 nitrogen and oxygen atoms in total. The van der Waals surface area contributed by atoms with Gasteiger partial charge in [0, 0.05) is 56.1 Å². The maximum atomic E-state index is 12.5. The highest BCUT2D eigenvalue weighted by Gasteiger charge is 2.11. The van der Waals surface area contributed by atoms with Crippen molar-refractivity contribution < 1.29 is 20.1 Å². The average molecular weight is 475 g/mol. The number of benzene rings is 1. The van der Waals surface area contributed by atoms with Gasteiger partial charge >= 0.3 is 0 Å². The highest BCUT2D eigenvalue weighted by Crippen LogP contribution is 2.25. The molecule has 0 aliphatic heterocycles. The quantitative estimate of drug-likeness (QED) is 0.277. The van der Waals surface area contributed by atoms with E-state index in [0.29, 0.717) is 36.3 Å². The van der Waals surface area contributed by atoms with Gasteiger partial charge in [0.05, 0.1) is 23.6 Å². The van der Waals surface area contributed by atoms with Gasteiger partial charge < -0.3 is 35.3 Å². The molecule has 0 radical (unpaired) electrons. The van der Waals surface area contributed by atoms with Gasteiger partial charge in [-0.15, -0.1) is 0 Å². The molecule has 188 valence electrons. The predicted octanol–water partition coefficient (Wildman–Crippen LogP) is 1.16. The zero-order valence-corrected chi connectivity index (χ0v) is 20.7. The first-order valence-corrected chi connectivity index (χ1v) is 11.6. The Balaban J connectivity index is 0.000000387. The Labute approximate surface area is 200 Å². The molecule has 0 saturated carbocycles. The first kappa shape index (κ1) is 27.7.